The third-order valence-electron chi connectivity index (χ3n) is 2.95. The Morgan fingerprint density at radius 3 is 2.58 bits per heavy atom. The summed E-state index contributed by atoms with van der Waals surface area (Å²) in [7, 11) is 0. The van der Waals surface area contributed by atoms with Crippen LogP contribution in [0.5, 0.6) is 0 Å². The highest BCUT2D eigenvalue weighted by atomic mass is 19.1. The zero-order valence-corrected chi connectivity index (χ0v) is 9.88. The van der Waals surface area contributed by atoms with Gasteiger partial charge in [-0.05, 0) is 36.4 Å². The van der Waals surface area contributed by atoms with E-state index in [0.29, 0.717) is 11.1 Å². The van der Waals surface area contributed by atoms with E-state index in [0.717, 1.165) is 11.2 Å². The molecule has 0 aliphatic carbocycles. The van der Waals surface area contributed by atoms with E-state index in [2.05, 4.69) is 4.98 Å². The van der Waals surface area contributed by atoms with Crippen molar-refractivity contribution in [1.29, 1.82) is 0 Å². The monoisotopic (exact) mass is 255 g/mol. The maximum absolute atomic E-state index is 12.9. The van der Waals surface area contributed by atoms with Gasteiger partial charge in [-0.25, -0.2) is 9.37 Å². The van der Waals surface area contributed by atoms with Crippen LogP contribution in [0.4, 0.5) is 4.39 Å². The van der Waals surface area contributed by atoms with Crippen molar-refractivity contribution in [2.75, 3.05) is 0 Å². The summed E-state index contributed by atoms with van der Waals surface area (Å²) in [4.78, 5) is 15.5. The summed E-state index contributed by atoms with van der Waals surface area (Å²) < 4.78 is 14.7. The third kappa shape index (κ3) is 1.85. The van der Waals surface area contributed by atoms with Gasteiger partial charge < -0.3 is 5.73 Å². The minimum atomic E-state index is -0.519. The minimum Gasteiger partial charge on any atom is -0.366 e. The van der Waals surface area contributed by atoms with Crippen LogP contribution in [-0.4, -0.2) is 15.5 Å². The molecule has 5 heteroatoms. The van der Waals surface area contributed by atoms with Crippen molar-refractivity contribution >= 4 is 16.9 Å². The zero-order valence-electron chi connectivity index (χ0n) is 9.88. The molecule has 0 aliphatic rings. The molecular weight excluding hydrogens is 245 g/mol. The van der Waals surface area contributed by atoms with Crippen LogP contribution in [0, 0.1) is 5.82 Å². The molecule has 0 bridgehead atoms. The molecule has 0 aliphatic heterocycles. The molecule has 4 nitrogen and oxygen atoms in total. The van der Waals surface area contributed by atoms with Gasteiger partial charge in [0, 0.05) is 5.69 Å². The highest BCUT2D eigenvalue weighted by molar-refractivity contribution is 6.04. The summed E-state index contributed by atoms with van der Waals surface area (Å²) in [6.07, 6.45) is 1.59. The number of halogens is 1. The Morgan fingerprint density at radius 2 is 1.89 bits per heavy atom. The number of carbonyl (C=O) groups is 1. The van der Waals surface area contributed by atoms with E-state index in [1.165, 1.54) is 12.1 Å². The van der Waals surface area contributed by atoms with Crippen LogP contribution in [0.2, 0.25) is 0 Å². The fraction of sp³-hybridized carbons (Fsp3) is 0. The van der Waals surface area contributed by atoms with Crippen molar-refractivity contribution in [3.63, 3.8) is 0 Å². The summed E-state index contributed by atoms with van der Waals surface area (Å²) in [5, 5.41) is 0. The summed E-state index contributed by atoms with van der Waals surface area (Å²) in [5.41, 5.74) is 7.75. The lowest BCUT2D eigenvalue weighted by Gasteiger charge is -2.04. The Hall–Kier alpha value is -2.69. The number of nitrogens with two attached hydrogens (primary N) is 1. The molecule has 0 unspecified atom stereocenters. The highest BCUT2D eigenvalue weighted by Gasteiger charge is 2.11. The standard InChI is InChI=1S/C14H10FN3O/c15-9-4-6-10(7-5-9)18-8-17-13-11(14(16)19)2-1-3-12(13)18/h1-8H,(H2,16,19). The number of nitrogens with zero attached hydrogens (tertiary/aromatic N) is 2. The van der Waals surface area contributed by atoms with E-state index in [9.17, 15) is 9.18 Å². The minimum absolute atomic E-state index is 0.300. The lowest BCUT2D eigenvalue weighted by atomic mass is 10.1. The third-order valence-corrected chi connectivity index (χ3v) is 2.95. The Labute approximate surface area is 108 Å². The van der Waals surface area contributed by atoms with Crippen LogP contribution >= 0.6 is 0 Å². The number of para-hydroxylation sites is 1. The predicted molar refractivity (Wildman–Crippen MR) is 69.5 cm³/mol. The molecule has 0 spiro atoms. The Morgan fingerprint density at radius 1 is 1.16 bits per heavy atom. The van der Waals surface area contributed by atoms with Gasteiger partial charge in [0.05, 0.1) is 11.1 Å². The molecule has 3 rings (SSSR count). The van der Waals surface area contributed by atoms with Crippen LogP contribution in [-0.2, 0) is 0 Å². The molecule has 1 heterocycles. The molecule has 1 aromatic heterocycles. The van der Waals surface area contributed by atoms with E-state index in [1.54, 1.807) is 35.2 Å². The first-order valence-corrected chi connectivity index (χ1v) is 5.68. The smallest absolute Gasteiger partial charge is 0.250 e. The number of fused-ring (bicyclic) bond motifs is 1. The average molecular weight is 255 g/mol. The largest absolute Gasteiger partial charge is 0.366 e. The zero-order chi connectivity index (χ0) is 13.4. The first-order chi connectivity index (χ1) is 9.16. The highest BCUT2D eigenvalue weighted by Crippen LogP contribution is 2.21. The van der Waals surface area contributed by atoms with Crippen LogP contribution in [0.3, 0.4) is 0 Å². The number of aromatic nitrogens is 2. The van der Waals surface area contributed by atoms with Crippen molar-refractivity contribution in [3.8, 4) is 5.69 Å². The van der Waals surface area contributed by atoms with E-state index in [4.69, 9.17) is 5.73 Å². The average Bonchev–Trinajstić information content (AvgIpc) is 2.83. The molecule has 0 saturated heterocycles. The van der Waals surface area contributed by atoms with E-state index < -0.39 is 5.91 Å². The summed E-state index contributed by atoms with van der Waals surface area (Å²) in [6, 6.07) is 11.2. The Balaban J connectivity index is 2.24. The fourth-order valence-electron chi connectivity index (χ4n) is 2.05. The summed E-state index contributed by atoms with van der Waals surface area (Å²) in [5.74, 6) is -0.819. The van der Waals surface area contributed by atoms with Crippen molar-refractivity contribution in [2.24, 2.45) is 5.73 Å². The second kappa shape index (κ2) is 4.20. The van der Waals surface area contributed by atoms with Crippen molar-refractivity contribution in [2.45, 2.75) is 0 Å². The maximum atomic E-state index is 12.9. The van der Waals surface area contributed by atoms with Gasteiger partial charge in [0.2, 0.25) is 0 Å². The molecule has 0 radical (unpaired) electrons. The first kappa shape index (κ1) is 11.4. The molecule has 2 N–H and O–H groups in total. The lowest BCUT2D eigenvalue weighted by molar-refractivity contribution is 0.100. The van der Waals surface area contributed by atoms with Gasteiger partial charge in [0.25, 0.3) is 5.91 Å². The quantitative estimate of drug-likeness (QED) is 0.763. The van der Waals surface area contributed by atoms with Crippen molar-refractivity contribution in [1.82, 2.24) is 9.55 Å². The molecule has 0 saturated carbocycles. The normalized spacial score (nSPS) is 10.8. The number of rotatable bonds is 2. The second-order valence-electron chi connectivity index (χ2n) is 4.13. The summed E-state index contributed by atoms with van der Waals surface area (Å²) >= 11 is 0. The molecule has 19 heavy (non-hydrogen) atoms. The number of benzene rings is 2. The van der Waals surface area contributed by atoms with Crippen LogP contribution in [0.25, 0.3) is 16.7 Å². The first-order valence-electron chi connectivity index (χ1n) is 5.68. The van der Waals surface area contributed by atoms with Crippen molar-refractivity contribution in [3.05, 3.63) is 60.2 Å². The molecular formula is C14H10FN3O. The lowest BCUT2D eigenvalue weighted by Crippen LogP contribution is -2.11. The van der Waals surface area contributed by atoms with Crippen molar-refractivity contribution < 1.29 is 9.18 Å². The molecule has 0 fully saturated rings. The molecule has 0 atom stereocenters. The maximum Gasteiger partial charge on any atom is 0.250 e. The van der Waals surface area contributed by atoms with Gasteiger partial charge in [-0.1, -0.05) is 6.07 Å². The van der Waals surface area contributed by atoms with Gasteiger partial charge in [-0.3, -0.25) is 9.36 Å². The van der Waals surface area contributed by atoms with Gasteiger partial charge in [0.15, 0.2) is 0 Å². The number of hydrogen-bond donors (Lipinski definition) is 1. The molecule has 3 aromatic rings. The molecule has 94 valence electrons. The number of primary amides is 1. The molecule has 2 aromatic carbocycles. The number of hydrogen-bond acceptors (Lipinski definition) is 2. The summed E-state index contributed by atoms with van der Waals surface area (Å²) in [6.45, 7) is 0. The predicted octanol–water partition coefficient (Wildman–Crippen LogP) is 2.26. The topological polar surface area (TPSA) is 60.9 Å². The van der Waals surface area contributed by atoms with Crippen LogP contribution < -0.4 is 5.73 Å². The fourth-order valence-corrected chi connectivity index (χ4v) is 2.05. The Bertz CT molecular complexity index is 762. The molecule has 1 amide bonds. The SMILES string of the molecule is NC(=O)c1cccc2c1ncn2-c1ccc(F)cc1. The van der Waals surface area contributed by atoms with Crippen LogP contribution in [0.1, 0.15) is 10.4 Å². The van der Waals surface area contributed by atoms with Gasteiger partial charge in [-0.2, -0.15) is 0 Å². The van der Waals surface area contributed by atoms with Gasteiger partial charge in [0.1, 0.15) is 17.7 Å². The van der Waals surface area contributed by atoms with E-state index >= 15 is 0 Å². The number of amides is 1. The number of carbonyl (C=O) groups excluding carboxylic acids is 1. The van der Waals surface area contributed by atoms with E-state index in [-0.39, 0.29) is 5.82 Å². The van der Waals surface area contributed by atoms with Gasteiger partial charge in [-0.15, -0.1) is 0 Å². The van der Waals surface area contributed by atoms with Crippen LogP contribution in [0.15, 0.2) is 48.8 Å². The van der Waals surface area contributed by atoms with E-state index in [1.807, 2.05) is 6.07 Å². The van der Waals surface area contributed by atoms with Gasteiger partial charge >= 0.3 is 0 Å². The second-order valence-corrected chi connectivity index (χ2v) is 4.13. The Kier molecular flexibility index (Phi) is 2.52. The number of imidazole rings is 1.